The van der Waals surface area contributed by atoms with Gasteiger partial charge in [-0.3, -0.25) is 14.5 Å². The highest BCUT2D eigenvalue weighted by molar-refractivity contribution is 7.11. The van der Waals surface area contributed by atoms with Gasteiger partial charge in [0.25, 0.3) is 11.8 Å². The van der Waals surface area contributed by atoms with Gasteiger partial charge >= 0.3 is 0 Å². The van der Waals surface area contributed by atoms with Crippen LogP contribution in [0, 0.1) is 0 Å². The number of aromatic nitrogens is 3. The maximum absolute atomic E-state index is 14.0. The number of carbonyl (C=O) groups is 2. The molecule has 2 fully saturated rings. The average molecular weight is 668 g/mol. The predicted octanol–water partition coefficient (Wildman–Crippen LogP) is 6.45. The molecule has 2 amide bonds. The van der Waals surface area contributed by atoms with Gasteiger partial charge in [0.1, 0.15) is 0 Å². The fourth-order valence-corrected chi connectivity index (χ4v) is 7.46. The summed E-state index contributed by atoms with van der Waals surface area (Å²) in [6.07, 6.45) is 6.33. The van der Waals surface area contributed by atoms with Gasteiger partial charge in [-0.15, -0.1) is 11.3 Å². The molecular weight excluding hydrogens is 639 g/mol. The van der Waals surface area contributed by atoms with Gasteiger partial charge < -0.3 is 9.80 Å². The van der Waals surface area contributed by atoms with E-state index in [0.29, 0.717) is 57.6 Å². The summed E-state index contributed by atoms with van der Waals surface area (Å²) in [5.41, 5.74) is 5.14. The monoisotopic (exact) mass is 666 g/mol. The van der Waals surface area contributed by atoms with Gasteiger partial charge in [0, 0.05) is 72.5 Å². The molecule has 4 aromatic rings. The van der Waals surface area contributed by atoms with Crippen LogP contribution in [0.2, 0.25) is 15.1 Å². The summed E-state index contributed by atoms with van der Waals surface area (Å²) in [4.78, 5) is 36.9. The minimum absolute atomic E-state index is 0.00399. The Morgan fingerprint density at radius 3 is 2.34 bits per heavy atom. The van der Waals surface area contributed by atoms with E-state index in [1.807, 2.05) is 50.2 Å². The second-order valence-electron chi connectivity index (χ2n) is 11.3. The molecule has 0 unspecified atom stereocenters. The average Bonchev–Trinajstić information content (AvgIpc) is 3.67. The van der Waals surface area contributed by atoms with Crippen molar-refractivity contribution < 1.29 is 9.59 Å². The van der Waals surface area contributed by atoms with Gasteiger partial charge in [-0.25, -0.2) is 9.67 Å². The molecule has 0 atom stereocenters. The van der Waals surface area contributed by atoms with Crippen molar-refractivity contribution in [3.05, 3.63) is 96.6 Å². The topological polar surface area (TPSA) is 74.6 Å². The lowest BCUT2D eigenvalue weighted by Gasteiger charge is -2.47. The quantitative estimate of drug-likeness (QED) is 0.245. The zero-order chi connectivity index (χ0) is 30.4. The van der Waals surface area contributed by atoms with Crippen LogP contribution < -0.4 is 0 Å². The number of fused-ring (bicyclic) bond motifs is 1. The number of halogens is 3. The fraction of sp³-hybridized carbons (Fsp3) is 0.312. The van der Waals surface area contributed by atoms with E-state index >= 15 is 0 Å². The lowest BCUT2D eigenvalue weighted by Crippen LogP contribution is -2.64. The number of thiazole rings is 1. The van der Waals surface area contributed by atoms with Crippen molar-refractivity contribution in [3.63, 3.8) is 0 Å². The van der Waals surface area contributed by atoms with Gasteiger partial charge in [0.2, 0.25) is 0 Å². The molecule has 2 aromatic carbocycles. The Bertz CT molecular complexity index is 1740. The molecule has 1 aliphatic carbocycles. The molecule has 12 heteroatoms. The number of likely N-dealkylation sites (tertiary alicyclic amines) is 1. The van der Waals surface area contributed by atoms with Gasteiger partial charge in [-0.05, 0) is 66.8 Å². The number of carbonyl (C=O) groups excluding carboxylic acids is 2. The van der Waals surface area contributed by atoms with E-state index in [0.717, 1.165) is 54.7 Å². The first-order valence-electron chi connectivity index (χ1n) is 14.6. The van der Waals surface area contributed by atoms with E-state index in [2.05, 4.69) is 16.0 Å². The first kappa shape index (κ1) is 29.5. The second kappa shape index (κ2) is 12.3. The van der Waals surface area contributed by atoms with Crippen molar-refractivity contribution in [3.8, 4) is 5.69 Å². The van der Waals surface area contributed by atoms with Crippen LogP contribution in [-0.4, -0.2) is 86.6 Å². The highest BCUT2D eigenvalue weighted by Gasteiger charge is 2.40. The van der Waals surface area contributed by atoms with E-state index < -0.39 is 0 Å². The third kappa shape index (κ3) is 5.68. The van der Waals surface area contributed by atoms with Crippen molar-refractivity contribution in [2.24, 2.45) is 0 Å². The van der Waals surface area contributed by atoms with E-state index in [1.54, 1.807) is 18.3 Å². The van der Waals surface area contributed by atoms with E-state index in [9.17, 15) is 9.59 Å². The Morgan fingerprint density at radius 2 is 1.64 bits per heavy atom. The summed E-state index contributed by atoms with van der Waals surface area (Å²) >= 11 is 20.4. The van der Waals surface area contributed by atoms with Crippen LogP contribution in [0.3, 0.4) is 0 Å². The van der Waals surface area contributed by atoms with E-state index in [1.165, 1.54) is 11.3 Å². The molecule has 226 valence electrons. The standard InChI is InChI=1S/C32H29Cl3N6O2S/c33-22-6-4-20(5-7-22)16-21-2-1-3-25-28(37-41(29(21)25)27-9-8-23(34)17-26(27)35)31(42)40-18-24(19-40)38-11-13-39(14-12-38)32(43)30-36-10-15-44-30/h4-10,15-17,24H,1-3,11-14,18-19H2/b21-16+. The van der Waals surface area contributed by atoms with Crippen molar-refractivity contribution in [1.82, 2.24) is 29.5 Å². The summed E-state index contributed by atoms with van der Waals surface area (Å²) in [6.45, 7) is 4.15. The van der Waals surface area contributed by atoms with Crippen LogP contribution in [-0.2, 0) is 6.42 Å². The molecular formula is C32H29Cl3N6O2S. The molecule has 0 radical (unpaired) electrons. The highest BCUT2D eigenvalue weighted by Crippen LogP contribution is 2.38. The first-order valence-corrected chi connectivity index (χ1v) is 16.6. The molecule has 44 heavy (non-hydrogen) atoms. The van der Waals surface area contributed by atoms with Crippen molar-refractivity contribution in [1.29, 1.82) is 0 Å². The van der Waals surface area contributed by atoms with Crippen molar-refractivity contribution in [2.45, 2.75) is 25.3 Å². The molecule has 2 aromatic heterocycles. The molecule has 0 spiro atoms. The number of amides is 2. The van der Waals surface area contributed by atoms with Crippen molar-refractivity contribution >= 4 is 69.6 Å². The normalized spacial score (nSPS) is 18.4. The van der Waals surface area contributed by atoms with Crippen LogP contribution >= 0.6 is 46.1 Å². The minimum Gasteiger partial charge on any atom is -0.334 e. The number of rotatable bonds is 5. The number of hydrogen-bond acceptors (Lipinski definition) is 6. The fourth-order valence-electron chi connectivity index (χ4n) is 6.25. The summed E-state index contributed by atoms with van der Waals surface area (Å²) in [6, 6.07) is 13.3. The predicted molar refractivity (Wildman–Crippen MR) is 175 cm³/mol. The number of piperazine rings is 1. The third-order valence-electron chi connectivity index (χ3n) is 8.59. The molecule has 4 heterocycles. The Labute approximate surface area is 274 Å². The van der Waals surface area contributed by atoms with Gasteiger partial charge in [-0.2, -0.15) is 5.10 Å². The summed E-state index contributed by atoms with van der Waals surface area (Å²) in [5.74, 6) is -0.0673. The molecule has 8 nitrogen and oxygen atoms in total. The number of benzene rings is 2. The molecule has 0 saturated carbocycles. The molecule has 3 aliphatic rings. The second-order valence-corrected chi connectivity index (χ2v) is 13.5. The number of hydrogen-bond donors (Lipinski definition) is 0. The van der Waals surface area contributed by atoms with Crippen LogP contribution in [0.1, 0.15) is 50.0 Å². The SMILES string of the molecule is O=C(c1nccs1)N1CCN(C2CN(C(=O)c3nn(-c4ccc(Cl)cc4Cl)c4c3CCC/C4=C\c3ccc(Cl)cc3)C2)CC1. The zero-order valence-electron chi connectivity index (χ0n) is 23.8. The Morgan fingerprint density at radius 1 is 0.886 bits per heavy atom. The third-order valence-corrected chi connectivity index (χ3v) is 10.1. The number of nitrogens with zero attached hydrogens (tertiary/aromatic N) is 6. The number of allylic oxidation sites excluding steroid dienone is 1. The first-order chi connectivity index (χ1) is 21.4. The summed E-state index contributed by atoms with van der Waals surface area (Å²) < 4.78 is 1.82. The van der Waals surface area contributed by atoms with Crippen LogP contribution in [0.4, 0.5) is 0 Å². The zero-order valence-corrected chi connectivity index (χ0v) is 26.8. The van der Waals surface area contributed by atoms with Crippen molar-refractivity contribution in [2.75, 3.05) is 39.3 Å². The maximum Gasteiger partial charge on any atom is 0.282 e. The summed E-state index contributed by atoms with van der Waals surface area (Å²) in [7, 11) is 0. The van der Waals surface area contributed by atoms with E-state index in [4.69, 9.17) is 39.9 Å². The van der Waals surface area contributed by atoms with Gasteiger partial charge in [0.15, 0.2) is 10.7 Å². The van der Waals surface area contributed by atoms with Crippen LogP contribution in [0.5, 0.6) is 0 Å². The minimum atomic E-state index is -0.0633. The Kier molecular flexibility index (Phi) is 8.24. The molecule has 2 aliphatic heterocycles. The Balaban J connectivity index is 1.12. The molecule has 0 bridgehead atoms. The van der Waals surface area contributed by atoms with Crippen LogP contribution in [0.25, 0.3) is 17.3 Å². The highest BCUT2D eigenvalue weighted by atomic mass is 35.5. The van der Waals surface area contributed by atoms with Crippen LogP contribution in [0.15, 0.2) is 54.0 Å². The van der Waals surface area contributed by atoms with Gasteiger partial charge in [-0.1, -0.05) is 46.9 Å². The Hall–Kier alpha value is -3.21. The maximum atomic E-state index is 14.0. The largest absolute Gasteiger partial charge is 0.334 e. The molecule has 0 N–H and O–H groups in total. The van der Waals surface area contributed by atoms with Gasteiger partial charge in [0.05, 0.1) is 16.4 Å². The van der Waals surface area contributed by atoms with E-state index in [-0.39, 0.29) is 17.9 Å². The molecule has 7 rings (SSSR count). The molecule has 2 saturated heterocycles. The lowest BCUT2D eigenvalue weighted by molar-refractivity contribution is 0.00815. The smallest absolute Gasteiger partial charge is 0.282 e. The summed E-state index contributed by atoms with van der Waals surface area (Å²) in [5, 5.41) is 8.97. The lowest BCUT2D eigenvalue weighted by atomic mass is 9.89.